The van der Waals surface area contributed by atoms with Crippen LogP contribution in [-0.4, -0.2) is 21.4 Å². The van der Waals surface area contributed by atoms with Crippen LogP contribution in [-0.2, 0) is 19.5 Å². The van der Waals surface area contributed by atoms with Gasteiger partial charge >= 0.3 is 0 Å². The maximum Gasteiger partial charge on any atom is 0.220 e. The van der Waals surface area contributed by atoms with E-state index in [1.54, 1.807) is 6.20 Å². The molecule has 7 heteroatoms. The molecular weight excluding hydrogens is 281 g/mol. The Kier molecular flexibility index (Phi) is 3.50. The second-order valence-corrected chi connectivity index (χ2v) is 5.02. The van der Waals surface area contributed by atoms with Gasteiger partial charge in [0.2, 0.25) is 5.95 Å². The molecule has 21 heavy (non-hydrogen) atoms. The molecule has 1 aliphatic rings. The highest BCUT2D eigenvalue weighted by atomic mass is 19.2. The van der Waals surface area contributed by atoms with Gasteiger partial charge in [-0.1, -0.05) is 0 Å². The van der Waals surface area contributed by atoms with Crippen molar-refractivity contribution in [3.63, 3.8) is 0 Å². The number of fused-ring (bicyclic) bond motifs is 1. The minimum atomic E-state index is -1.18. The molecule has 0 bridgehead atoms. The summed E-state index contributed by atoms with van der Waals surface area (Å²) >= 11 is 0. The van der Waals surface area contributed by atoms with Crippen molar-refractivity contribution < 1.29 is 13.2 Å². The summed E-state index contributed by atoms with van der Waals surface area (Å²) in [7, 11) is 0. The second-order valence-electron chi connectivity index (χ2n) is 5.02. The highest BCUT2D eigenvalue weighted by molar-refractivity contribution is 5.27. The number of benzene rings is 1. The third-order valence-electron chi connectivity index (χ3n) is 3.51. The van der Waals surface area contributed by atoms with E-state index in [4.69, 9.17) is 5.73 Å². The van der Waals surface area contributed by atoms with Crippen LogP contribution in [0, 0.1) is 17.5 Å². The molecule has 0 amide bonds. The smallest absolute Gasteiger partial charge is 0.220 e. The van der Waals surface area contributed by atoms with Crippen LogP contribution in [0.3, 0.4) is 0 Å². The first kappa shape index (κ1) is 13.8. The summed E-state index contributed by atoms with van der Waals surface area (Å²) in [4.78, 5) is 10.0. The molecule has 2 N–H and O–H groups in total. The molecule has 1 aliphatic heterocycles. The lowest BCUT2D eigenvalue weighted by molar-refractivity contribution is 0.239. The number of nitrogens with zero attached hydrogens (tertiary/aromatic N) is 3. The van der Waals surface area contributed by atoms with Crippen molar-refractivity contribution in [2.75, 3.05) is 12.3 Å². The predicted molar refractivity (Wildman–Crippen MR) is 70.6 cm³/mol. The first-order valence-electron chi connectivity index (χ1n) is 6.49. The van der Waals surface area contributed by atoms with Crippen LogP contribution in [0.1, 0.15) is 16.8 Å². The second kappa shape index (κ2) is 5.33. The lowest BCUT2D eigenvalue weighted by Gasteiger charge is -2.28. The van der Waals surface area contributed by atoms with Gasteiger partial charge in [0.1, 0.15) is 5.82 Å². The summed E-state index contributed by atoms with van der Waals surface area (Å²) in [6, 6.07) is 1.48. The maximum absolute atomic E-state index is 13.7. The zero-order chi connectivity index (χ0) is 15.0. The lowest BCUT2D eigenvalue weighted by Crippen LogP contribution is -2.31. The summed E-state index contributed by atoms with van der Waals surface area (Å²) in [5.41, 5.74) is 7.46. The van der Waals surface area contributed by atoms with E-state index in [9.17, 15) is 13.2 Å². The molecule has 0 spiro atoms. The van der Waals surface area contributed by atoms with Crippen molar-refractivity contribution in [2.45, 2.75) is 19.5 Å². The van der Waals surface area contributed by atoms with Crippen LogP contribution in [0.25, 0.3) is 0 Å². The molecule has 4 nitrogen and oxygen atoms in total. The van der Waals surface area contributed by atoms with Gasteiger partial charge in [0.05, 0.1) is 5.69 Å². The fraction of sp³-hybridized carbons (Fsp3) is 0.286. The van der Waals surface area contributed by atoms with Crippen molar-refractivity contribution in [3.05, 3.63) is 52.6 Å². The number of nitrogens with two attached hydrogens (primary N) is 1. The molecule has 0 atom stereocenters. The Labute approximate surface area is 119 Å². The van der Waals surface area contributed by atoms with Gasteiger partial charge in [-0.15, -0.1) is 0 Å². The minimum absolute atomic E-state index is 0.133. The zero-order valence-corrected chi connectivity index (χ0v) is 11.1. The van der Waals surface area contributed by atoms with Crippen LogP contribution in [0.15, 0.2) is 18.3 Å². The molecule has 1 aromatic heterocycles. The average molecular weight is 294 g/mol. The van der Waals surface area contributed by atoms with Gasteiger partial charge in [-0.3, -0.25) is 4.90 Å². The Morgan fingerprint density at radius 2 is 1.90 bits per heavy atom. The van der Waals surface area contributed by atoms with E-state index in [0.29, 0.717) is 25.6 Å². The molecule has 0 saturated carbocycles. The van der Waals surface area contributed by atoms with Gasteiger partial charge in [0.25, 0.3) is 0 Å². The summed E-state index contributed by atoms with van der Waals surface area (Å²) in [6.07, 6.45) is 2.30. The van der Waals surface area contributed by atoms with E-state index in [-0.39, 0.29) is 18.1 Å². The van der Waals surface area contributed by atoms with E-state index in [1.165, 1.54) is 0 Å². The number of halogens is 3. The first-order valence-corrected chi connectivity index (χ1v) is 6.49. The normalized spacial score (nSPS) is 15.0. The van der Waals surface area contributed by atoms with Gasteiger partial charge in [-0.05, 0) is 6.07 Å². The summed E-state index contributed by atoms with van der Waals surface area (Å²) in [6.45, 7) is 1.36. The minimum Gasteiger partial charge on any atom is -0.368 e. The molecule has 0 radical (unpaired) electrons. The van der Waals surface area contributed by atoms with Crippen molar-refractivity contribution in [3.8, 4) is 0 Å². The Hall–Kier alpha value is -2.15. The van der Waals surface area contributed by atoms with Crippen molar-refractivity contribution in [1.29, 1.82) is 0 Å². The number of rotatable bonds is 2. The Balaban J connectivity index is 1.78. The Morgan fingerprint density at radius 3 is 2.71 bits per heavy atom. The number of hydrogen-bond acceptors (Lipinski definition) is 4. The number of aromatic nitrogens is 2. The Bertz CT molecular complexity index is 690. The molecule has 0 unspecified atom stereocenters. The molecular formula is C14H13F3N4. The number of hydrogen-bond donors (Lipinski definition) is 1. The van der Waals surface area contributed by atoms with Crippen molar-refractivity contribution in [2.24, 2.45) is 0 Å². The van der Waals surface area contributed by atoms with Gasteiger partial charge in [-0.25, -0.2) is 23.1 Å². The first-order chi connectivity index (χ1) is 10.0. The van der Waals surface area contributed by atoms with Gasteiger partial charge in [0, 0.05) is 49.4 Å². The van der Waals surface area contributed by atoms with Crippen molar-refractivity contribution >= 4 is 5.95 Å². The van der Waals surface area contributed by atoms with E-state index < -0.39 is 17.5 Å². The zero-order valence-electron chi connectivity index (χ0n) is 11.1. The van der Waals surface area contributed by atoms with Gasteiger partial charge in [-0.2, -0.15) is 0 Å². The van der Waals surface area contributed by atoms with Crippen molar-refractivity contribution in [1.82, 2.24) is 14.9 Å². The summed E-state index contributed by atoms with van der Waals surface area (Å²) in [5, 5.41) is 0. The third kappa shape index (κ3) is 2.82. The van der Waals surface area contributed by atoms with Gasteiger partial charge < -0.3 is 5.73 Å². The van der Waals surface area contributed by atoms with Crippen LogP contribution in [0.2, 0.25) is 0 Å². The summed E-state index contributed by atoms with van der Waals surface area (Å²) < 4.78 is 39.8. The molecule has 0 aliphatic carbocycles. The van der Waals surface area contributed by atoms with Crippen LogP contribution in [0.4, 0.5) is 19.1 Å². The quantitative estimate of drug-likeness (QED) is 0.861. The van der Waals surface area contributed by atoms with Gasteiger partial charge in [0.15, 0.2) is 11.6 Å². The SMILES string of the molecule is Nc1ncc2c(n1)CCN(Cc1cc(F)c(F)cc1F)C2. The van der Waals surface area contributed by atoms with E-state index in [0.717, 1.165) is 17.3 Å². The molecule has 110 valence electrons. The highest BCUT2D eigenvalue weighted by Gasteiger charge is 2.20. The highest BCUT2D eigenvalue weighted by Crippen LogP contribution is 2.21. The number of nitrogen functional groups attached to an aromatic ring is 1. The van der Waals surface area contributed by atoms with E-state index >= 15 is 0 Å². The number of anilines is 1. The van der Waals surface area contributed by atoms with Crippen LogP contribution >= 0.6 is 0 Å². The topological polar surface area (TPSA) is 55.0 Å². The van der Waals surface area contributed by atoms with E-state index in [1.807, 2.05) is 4.90 Å². The average Bonchev–Trinajstić information content (AvgIpc) is 2.45. The molecule has 0 saturated heterocycles. The molecule has 2 heterocycles. The maximum atomic E-state index is 13.7. The fourth-order valence-corrected chi connectivity index (χ4v) is 2.45. The Morgan fingerprint density at radius 1 is 1.14 bits per heavy atom. The third-order valence-corrected chi connectivity index (χ3v) is 3.51. The monoisotopic (exact) mass is 294 g/mol. The lowest BCUT2D eigenvalue weighted by atomic mass is 10.1. The standard InChI is InChI=1S/C14H13F3N4/c15-10-4-12(17)11(16)3-8(10)6-21-2-1-13-9(7-21)5-19-14(18)20-13/h3-5H,1-2,6-7H2,(H2,18,19,20). The molecule has 1 aromatic carbocycles. The molecule has 0 fully saturated rings. The van der Waals surface area contributed by atoms with Crippen LogP contribution in [0.5, 0.6) is 0 Å². The largest absolute Gasteiger partial charge is 0.368 e. The molecule has 2 aromatic rings. The predicted octanol–water partition coefficient (Wildman–Crippen LogP) is 2.03. The summed E-state index contributed by atoms with van der Waals surface area (Å²) in [5.74, 6) is -2.73. The fourth-order valence-electron chi connectivity index (χ4n) is 2.45. The van der Waals surface area contributed by atoms with E-state index in [2.05, 4.69) is 9.97 Å². The van der Waals surface area contributed by atoms with Crippen LogP contribution < -0.4 is 5.73 Å². The molecule has 3 rings (SSSR count).